The summed E-state index contributed by atoms with van der Waals surface area (Å²) in [5, 5.41) is 10.7. The van der Waals surface area contributed by atoms with Crippen LogP contribution in [0.5, 0.6) is 11.5 Å². The molecule has 0 amide bonds. The summed E-state index contributed by atoms with van der Waals surface area (Å²) < 4.78 is 18.1. The van der Waals surface area contributed by atoms with Crippen LogP contribution >= 0.6 is 15.9 Å². The lowest BCUT2D eigenvalue weighted by Crippen LogP contribution is -2.53. The van der Waals surface area contributed by atoms with E-state index in [0.29, 0.717) is 6.42 Å². The smallest absolute Gasteiger partial charge is 0.175 e. The van der Waals surface area contributed by atoms with Gasteiger partial charge >= 0.3 is 0 Å². The van der Waals surface area contributed by atoms with Gasteiger partial charge in [0.15, 0.2) is 11.5 Å². The quantitative estimate of drug-likeness (QED) is 0.823. The monoisotopic (exact) mass is 413 g/mol. The summed E-state index contributed by atoms with van der Waals surface area (Å²) in [4.78, 5) is 2.42. The predicted molar refractivity (Wildman–Crippen MR) is 101 cm³/mol. The van der Waals surface area contributed by atoms with E-state index in [1.54, 1.807) is 14.2 Å². The van der Waals surface area contributed by atoms with Crippen molar-refractivity contribution < 1.29 is 19.3 Å². The van der Waals surface area contributed by atoms with Crippen molar-refractivity contribution in [1.82, 2.24) is 4.90 Å². The Bertz CT molecular complexity index is 643. The highest BCUT2D eigenvalue weighted by molar-refractivity contribution is 9.10. The lowest BCUT2D eigenvalue weighted by molar-refractivity contribution is -0.149. The summed E-state index contributed by atoms with van der Waals surface area (Å²) in [6.07, 6.45) is 0.973. The normalized spacial score (nSPS) is 26.8. The summed E-state index contributed by atoms with van der Waals surface area (Å²) >= 11 is 3.69. The second kappa shape index (κ2) is 7.06. The lowest BCUT2D eigenvalue weighted by atomic mass is 9.84. The number of rotatable bonds is 3. The van der Waals surface area contributed by atoms with Crippen molar-refractivity contribution in [1.29, 1.82) is 0 Å². The van der Waals surface area contributed by atoms with Crippen LogP contribution < -0.4 is 9.47 Å². The number of halogens is 1. The fraction of sp³-hybridized carbons (Fsp3) is 0.684. The summed E-state index contributed by atoms with van der Waals surface area (Å²) in [5.74, 6) is 1.46. The van der Waals surface area contributed by atoms with Crippen LogP contribution in [0.25, 0.3) is 0 Å². The third-order valence-corrected chi connectivity index (χ3v) is 5.85. The van der Waals surface area contributed by atoms with Gasteiger partial charge in [-0.1, -0.05) is 0 Å². The van der Waals surface area contributed by atoms with Crippen molar-refractivity contribution >= 4 is 15.9 Å². The molecule has 0 aliphatic carbocycles. The van der Waals surface area contributed by atoms with Crippen molar-refractivity contribution in [3.63, 3.8) is 0 Å². The molecule has 0 bridgehead atoms. The van der Waals surface area contributed by atoms with Gasteiger partial charge in [0, 0.05) is 19.1 Å². The molecule has 140 valence electrons. The highest BCUT2D eigenvalue weighted by Crippen LogP contribution is 2.47. The molecule has 0 radical (unpaired) electrons. The van der Waals surface area contributed by atoms with Crippen LogP contribution in [0.1, 0.15) is 44.4 Å². The average Bonchev–Trinajstić information content (AvgIpc) is 2.54. The number of methoxy groups -OCH3 is 2. The van der Waals surface area contributed by atoms with Crippen molar-refractivity contribution in [3.05, 3.63) is 21.7 Å². The van der Waals surface area contributed by atoms with Crippen LogP contribution in [0.4, 0.5) is 0 Å². The molecular formula is C19H28BrNO4. The van der Waals surface area contributed by atoms with Gasteiger partial charge in [-0.25, -0.2) is 0 Å². The minimum Gasteiger partial charge on any atom is -0.493 e. The molecule has 1 aromatic carbocycles. The van der Waals surface area contributed by atoms with Crippen LogP contribution in [0.3, 0.4) is 0 Å². The van der Waals surface area contributed by atoms with Crippen molar-refractivity contribution in [2.45, 2.75) is 57.5 Å². The van der Waals surface area contributed by atoms with Crippen LogP contribution in [-0.2, 0) is 11.2 Å². The third-order valence-electron chi connectivity index (χ3n) is 5.01. The molecule has 2 aliphatic rings. The summed E-state index contributed by atoms with van der Waals surface area (Å²) in [6.45, 7) is 7.79. The molecule has 0 saturated carbocycles. The van der Waals surface area contributed by atoms with Crippen LogP contribution in [0.15, 0.2) is 10.5 Å². The number of nitrogens with zero attached hydrogens (tertiary/aromatic N) is 1. The maximum atomic E-state index is 10.7. The van der Waals surface area contributed by atoms with Gasteiger partial charge in [0.05, 0.1) is 36.5 Å². The van der Waals surface area contributed by atoms with Crippen LogP contribution in [0, 0.1) is 0 Å². The molecule has 3 atom stereocenters. The molecule has 1 fully saturated rings. The zero-order valence-corrected chi connectivity index (χ0v) is 17.2. The number of aliphatic hydroxyl groups excluding tert-OH is 1. The zero-order chi connectivity index (χ0) is 18.4. The second-order valence-corrected chi connectivity index (χ2v) is 8.62. The SMILES string of the molecule is COc1cc2c(c(Br)c1OC)CCN1C[C@@H](OC(C)(C)C)[C@H](O)C[C@H]21. The van der Waals surface area contributed by atoms with Gasteiger partial charge in [-0.15, -0.1) is 0 Å². The highest BCUT2D eigenvalue weighted by Gasteiger charge is 2.41. The Morgan fingerprint density at radius 3 is 2.56 bits per heavy atom. The molecule has 3 rings (SSSR count). The molecule has 5 nitrogen and oxygen atoms in total. The van der Waals surface area contributed by atoms with Gasteiger partial charge in [0.1, 0.15) is 0 Å². The van der Waals surface area contributed by atoms with E-state index in [4.69, 9.17) is 14.2 Å². The van der Waals surface area contributed by atoms with E-state index >= 15 is 0 Å². The van der Waals surface area contributed by atoms with Gasteiger partial charge in [-0.05, 0) is 66.7 Å². The van der Waals surface area contributed by atoms with E-state index in [1.165, 1.54) is 11.1 Å². The van der Waals surface area contributed by atoms with Crippen LogP contribution in [0.2, 0.25) is 0 Å². The molecule has 0 spiro atoms. The van der Waals surface area contributed by atoms with Gasteiger partial charge in [-0.3, -0.25) is 4.90 Å². The first kappa shape index (κ1) is 19.0. The van der Waals surface area contributed by atoms with Crippen molar-refractivity contribution in [3.8, 4) is 11.5 Å². The Kier molecular flexibility index (Phi) is 5.36. The Labute approximate surface area is 158 Å². The first-order valence-corrected chi connectivity index (χ1v) is 9.57. The topological polar surface area (TPSA) is 51.2 Å². The largest absolute Gasteiger partial charge is 0.493 e. The summed E-state index contributed by atoms with van der Waals surface area (Å²) in [5.41, 5.74) is 2.21. The Hall–Kier alpha value is -0.820. The maximum Gasteiger partial charge on any atom is 0.175 e. The molecule has 2 aliphatic heterocycles. The van der Waals surface area contributed by atoms with Gasteiger partial charge in [0.2, 0.25) is 0 Å². The highest BCUT2D eigenvalue weighted by atomic mass is 79.9. The lowest BCUT2D eigenvalue weighted by Gasteiger charge is -2.47. The first-order valence-electron chi connectivity index (χ1n) is 8.78. The van der Waals surface area contributed by atoms with Gasteiger partial charge in [0.25, 0.3) is 0 Å². The second-order valence-electron chi connectivity index (χ2n) is 7.83. The fourth-order valence-corrected chi connectivity index (χ4v) is 4.75. The number of aliphatic hydroxyl groups is 1. The number of ether oxygens (including phenoxy) is 3. The number of benzene rings is 1. The Morgan fingerprint density at radius 1 is 1.24 bits per heavy atom. The van der Waals surface area contributed by atoms with Crippen molar-refractivity contribution in [2.75, 3.05) is 27.3 Å². The van der Waals surface area contributed by atoms with E-state index in [-0.39, 0.29) is 17.7 Å². The van der Waals surface area contributed by atoms with E-state index in [1.807, 2.05) is 20.8 Å². The average molecular weight is 414 g/mol. The minimum atomic E-state index is -0.474. The number of fused-ring (bicyclic) bond motifs is 3. The van der Waals surface area contributed by atoms with E-state index in [2.05, 4.69) is 26.9 Å². The van der Waals surface area contributed by atoms with Gasteiger partial charge in [-0.2, -0.15) is 0 Å². The predicted octanol–water partition coefficient (Wildman–Crippen LogP) is 3.31. The number of hydrogen-bond acceptors (Lipinski definition) is 5. The Morgan fingerprint density at radius 2 is 1.96 bits per heavy atom. The molecular weight excluding hydrogens is 386 g/mol. The zero-order valence-electron chi connectivity index (χ0n) is 15.6. The third kappa shape index (κ3) is 3.68. The molecule has 6 heteroatoms. The minimum absolute atomic E-state index is 0.151. The van der Waals surface area contributed by atoms with E-state index < -0.39 is 6.10 Å². The molecule has 1 aromatic rings. The maximum absolute atomic E-state index is 10.7. The van der Waals surface area contributed by atoms with Crippen LogP contribution in [-0.4, -0.2) is 55.1 Å². The molecule has 1 N–H and O–H groups in total. The standard InChI is InChI=1S/C19H28BrNO4/c1-19(2,3)25-16-10-21-7-6-11-12(13(21)9-14(16)22)8-15(23-4)18(24-5)17(11)20/h8,13-14,16,22H,6-7,9-10H2,1-5H3/t13-,14-,16-/m1/s1. The molecule has 2 heterocycles. The fourth-order valence-electron chi connectivity index (χ4n) is 3.96. The van der Waals surface area contributed by atoms with E-state index in [0.717, 1.165) is 35.5 Å². The molecule has 1 saturated heterocycles. The molecule has 25 heavy (non-hydrogen) atoms. The molecule has 0 unspecified atom stereocenters. The summed E-state index contributed by atoms with van der Waals surface area (Å²) in [6, 6.07) is 2.24. The van der Waals surface area contributed by atoms with Gasteiger partial charge < -0.3 is 19.3 Å². The number of hydrogen-bond donors (Lipinski definition) is 1. The number of piperidine rings is 1. The first-order chi connectivity index (χ1) is 11.7. The molecule has 0 aromatic heterocycles. The van der Waals surface area contributed by atoms with E-state index in [9.17, 15) is 5.11 Å². The summed E-state index contributed by atoms with van der Waals surface area (Å²) in [7, 11) is 3.31. The van der Waals surface area contributed by atoms with Crippen molar-refractivity contribution in [2.24, 2.45) is 0 Å². The Balaban J connectivity index is 1.92.